The van der Waals surface area contributed by atoms with Gasteiger partial charge in [0.2, 0.25) is 11.9 Å². The van der Waals surface area contributed by atoms with Gasteiger partial charge in [-0.15, -0.1) is 0 Å². The molecule has 1 aliphatic carbocycles. The third-order valence-electron chi connectivity index (χ3n) is 6.77. The van der Waals surface area contributed by atoms with Crippen LogP contribution in [0.5, 0.6) is 11.5 Å². The van der Waals surface area contributed by atoms with Crippen LogP contribution in [0.15, 0.2) is 42.6 Å². The van der Waals surface area contributed by atoms with Crippen molar-refractivity contribution in [3.05, 3.63) is 53.7 Å². The Labute approximate surface area is 215 Å². The molecule has 0 spiro atoms. The van der Waals surface area contributed by atoms with Gasteiger partial charge in [-0.1, -0.05) is 0 Å². The number of benzene rings is 2. The van der Waals surface area contributed by atoms with Crippen molar-refractivity contribution in [3.63, 3.8) is 0 Å². The van der Waals surface area contributed by atoms with E-state index in [2.05, 4.69) is 20.9 Å². The number of carbonyl (C=O) groups is 2. The molecule has 37 heavy (non-hydrogen) atoms. The Morgan fingerprint density at radius 3 is 2.59 bits per heavy atom. The van der Waals surface area contributed by atoms with Crippen LogP contribution < -0.4 is 31.2 Å². The van der Waals surface area contributed by atoms with Crippen LogP contribution in [0.1, 0.15) is 41.6 Å². The van der Waals surface area contributed by atoms with Crippen LogP contribution in [0.4, 0.5) is 17.3 Å². The van der Waals surface area contributed by atoms with Crippen molar-refractivity contribution >= 4 is 29.1 Å². The predicted molar refractivity (Wildman–Crippen MR) is 140 cm³/mol. The fraction of sp³-hybridized carbons (Fsp3) is 0.333. The van der Waals surface area contributed by atoms with Crippen LogP contribution in [0.25, 0.3) is 11.3 Å². The molecule has 0 atom stereocenters. The molecular formula is C27H30N6O4. The molecule has 1 fully saturated rings. The highest BCUT2D eigenvalue weighted by molar-refractivity contribution is 6.03. The Morgan fingerprint density at radius 1 is 1.05 bits per heavy atom. The minimum absolute atomic E-state index is 0.111. The van der Waals surface area contributed by atoms with E-state index in [0.717, 1.165) is 36.9 Å². The number of rotatable bonds is 6. The summed E-state index contributed by atoms with van der Waals surface area (Å²) >= 11 is 0. The normalized spacial score (nSPS) is 18.5. The second kappa shape index (κ2) is 10.4. The van der Waals surface area contributed by atoms with Crippen LogP contribution in [-0.4, -0.2) is 48.1 Å². The molecule has 1 aliphatic heterocycles. The summed E-state index contributed by atoms with van der Waals surface area (Å²) in [5.74, 6) is 1.19. The molecule has 0 radical (unpaired) electrons. The minimum atomic E-state index is -0.192. The van der Waals surface area contributed by atoms with E-state index in [4.69, 9.17) is 20.2 Å². The van der Waals surface area contributed by atoms with E-state index in [9.17, 15) is 9.59 Å². The Hall–Kier alpha value is -4.18. The largest absolute Gasteiger partial charge is 0.493 e. The number of amides is 2. The molecule has 2 aliphatic rings. The van der Waals surface area contributed by atoms with Gasteiger partial charge in [-0.25, -0.2) is 9.97 Å². The summed E-state index contributed by atoms with van der Waals surface area (Å²) < 4.78 is 10.7. The van der Waals surface area contributed by atoms with Gasteiger partial charge >= 0.3 is 0 Å². The van der Waals surface area contributed by atoms with Crippen molar-refractivity contribution in [3.8, 4) is 22.8 Å². The number of carbonyl (C=O) groups excluding carboxylic acids is 2. The molecule has 192 valence electrons. The number of ether oxygens (including phenoxy) is 2. The van der Waals surface area contributed by atoms with E-state index in [1.165, 1.54) is 0 Å². The molecule has 1 aromatic heterocycles. The summed E-state index contributed by atoms with van der Waals surface area (Å²) in [6.07, 6.45) is 5.32. The van der Waals surface area contributed by atoms with Crippen LogP contribution >= 0.6 is 0 Å². The number of hydrogen-bond acceptors (Lipinski definition) is 8. The molecule has 0 unspecified atom stereocenters. The SMILES string of the molecule is COc1ccc(Nc2ncc3c(n2)-c2ccc(C(=O)NC4CCC(N)CC4)cc2NC(=O)C3)cc1OC. The fourth-order valence-electron chi connectivity index (χ4n) is 4.77. The lowest BCUT2D eigenvalue weighted by Gasteiger charge is -2.26. The number of nitrogens with one attached hydrogen (secondary N) is 3. The molecule has 2 heterocycles. The topological polar surface area (TPSA) is 140 Å². The zero-order valence-electron chi connectivity index (χ0n) is 20.8. The van der Waals surface area contributed by atoms with Gasteiger partial charge in [0.15, 0.2) is 11.5 Å². The molecule has 0 bridgehead atoms. The van der Waals surface area contributed by atoms with E-state index < -0.39 is 0 Å². The molecular weight excluding hydrogens is 472 g/mol. The lowest BCUT2D eigenvalue weighted by molar-refractivity contribution is -0.115. The zero-order valence-corrected chi connectivity index (χ0v) is 20.8. The summed E-state index contributed by atoms with van der Waals surface area (Å²) in [7, 11) is 3.15. The first-order valence-corrected chi connectivity index (χ1v) is 12.3. The smallest absolute Gasteiger partial charge is 0.251 e. The standard InChI is InChI=1S/C27H30N6O4/c1-36-22-10-8-19(13-23(22)37-2)31-27-29-14-16-12-24(34)32-21-11-15(3-9-20(21)25(16)33-27)26(35)30-18-6-4-17(28)5-7-18/h3,8-11,13-14,17-18H,4-7,12,28H2,1-2H3,(H,30,35)(H,32,34)(H,29,31,33). The molecule has 5 N–H and O–H groups in total. The molecule has 10 heteroatoms. The van der Waals surface area contributed by atoms with Crippen molar-refractivity contribution in [1.82, 2.24) is 15.3 Å². The third kappa shape index (κ3) is 5.34. The average Bonchev–Trinajstić information content (AvgIpc) is 3.04. The van der Waals surface area contributed by atoms with Gasteiger partial charge < -0.3 is 31.2 Å². The summed E-state index contributed by atoms with van der Waals surface area (Å²) in [5, 5.41) is 9.20. The van der Waals surface area contributed by atoms with E-state index in [1.807, 2.05) is 12.1 Å². The Bertz CT molecular complexity index is 1340. The lowest BCUT2D eigenvalue weighted by atomic mass is 9.91. The van der Waals surface area contributed by atoms with E-state index in [1.54, 1.807) is 44.7 Å². The molecule has 10 nitrogen and oxygen atoms in total. The van der Waals surface area contributed by atoms with Crippen LogP contribution in [0.2, 0.25) is 0 Å². The van der Waals surface area contributed by atoms with Crippen molar-refractivity contribution in [2.24, 2.45) is 5.73 Å². The average molecular weight is 503 g/mol. The maximum Gasteiger partial charge on any atom is 0.251 e. The maximum atomic E-state index is 12.9. The van der Waals surface area contributed by atoms with Gasteiger partial charge in [0.05, 0.1) is 32.0 Å². The first-order chi connectivity index (χ1) is 17.9. The van der Waals surface area contributed by atoms with Crippen molar-refractivity contribution in [1.29, 1.82) is 0 Å². The third-order valence-corrected chi connectivity index (χ3v) is 6.77. The second-order valence-corrected chi connectivity index (χ2v) is 9.33. The first-order valence-electron chi connectivity index (χ1n) is 12.3. The molecule has 3 aromatic rings. The highest BCUT2D eigenvalue weighted by atomic mass is 16.5. The molecule has 1 saturated carbocycles. The monoisotopic (exact) mass is 502 g/mol. The van der Waals surface area contributed by atoms with Crippen LogP contribution in [0, 0.1) is 0 Å². The van der Waals surface area contributed by atoms with Gasteiger partial charge in [-0.2, -0.15) is 0 Å². The number of nitrogens with two attached hydrogens (primary N) is 1. The van der Waals surface area contributed by atoms with Gasteiger partial charge in [0.1, 0.15) is 0 Å². The Kier molecular flexibility index (Phi) is 6.91. The number of nitrogens with zero attached hydrogens (tertiary/aromatic N) is 2. The predicted octanol–water partition coefficient (Wildman–Crippen LogP) is 3.40. The number of fused-ring (bicyclic) bond motifs is 3. The quantitative estimate of drug-likeness (QED) is 0.402. The zero-order chi connectivity index (χ0) is 25.9. The number of aromatic nitrogens is 2. The van der Waals surface area contributed by atoms with Gasteiger partial charge in [-0.05, 0) is 56.0 Å². The number of anilines is 3. The lowest BCUT2D eigenvalue weighted by Crippen LogP contribution is -2.40. The number of methoxy groups -OCH3 is 2. The molecule has 2 amide bonds. The molecule has 5 rings (SSSR count). The highest BCUT2D eigenvalue weighted by Gasteiger charge is 2.24. The molecule has 0 saturated heterocycles. The second-order valence-electron chi connectivity index (χ2n) is 9.33. The van der Waals surface area contributed by atoms with E-state index >= 15 is 0 Å². The van der Waals surface area contributed by atoms with Gasteiger partial charge in [0.25, 0.3) is 5.91 Å². The summed E-state index contributed by atoms with van der Waals surface area (Å²) in [5.41, 5.74) is 9.77. The van der Waals surface area contributed by atoms with Crippen LogP contribution in [-0.2, 0) is 11.2 Å². The Balaban J connectivity index is 1.41. The van der Waals surface area contributed by atoms with Crippen molar-refractivity contribution in [2.75, 3.05) is 24.9 Å². The van der Waals surface area contributed by atoms with Gasteiger partial charge in [-0.3, -0.25) is 9.59 Å². The number of hydrogen-bond donors (Lipinski definition) is 4. The maximum absolute atomic E-state index is 12.9. The van der Waals surface area contributed by atoms with Crippen molar-refractivity contribution in [2.45, 2.75) is 44.2 Å². The van der Waals surface area contributed by atoms with Crippen molar-refractivity contribution < 1.29 is 19.1 Å². The van der Waals surface area contributed by atoms with Gasteiger partial charge in [0, 0.05) is 46.7 Å². The van der Waals surface area contributed by atoms with E-state index in [0.29, 0.717) is 40.0 Å². The summed E-state index contributed by atoms with van der Waals surface area (Å²) in [4.78, 5) is 34.7. The fourth-order valence-corrected chi connectivity index (χ4v) is 4.77. The summed E-state index contributed by atoms with van der Waals surface area (Å²) in [6.45, 7) is 0. The first kappa shape index (κ1) is 24.5. The summed E-state index contributed by atoms with van der Waals surface area (Å²) in [6, 6.07) is 11.0. The Morgan fingerprint density at radius 2 is 1.84 bits per heavy atom. The molecule has 2 aromatic carbocycles. The van der Waals surface area contributed by atoms with E-state index in [-0.39, 0.29) is 30.3 Å². The highest BCUT2D eigenvalue weighted by Crippen LogP contribution is 2.35. The van der Waals surface area contributed by atoms with Crippen LogP contribution in [0.3, 0.4) is 0 Å². The minimum Gasteiger partial charge on any atom is -0.493 e.